The van der Waals surface area contributed by atoms with Crippen LogP contribution in [0.3, 0.4) is 0 Å². The molecule has 2 unspecified atom stereocenters. The number of hydrogen-bond acceptors (Lipinski definition) is 2. The van der Waals surface area contributed by atoms with Crippen LogP contribution >= 0.6 is 0 Å². The van der Waals surface area contributed by atoms with E-state index in [9.17, 15) is 4.79 Å². The topological polar surface area (TPSA) is 20.3 Å². The first-order chi connectivity index (χ1) is 8.20. The van der Waals surface area contributed by atoms with E-state index in [-0.39, 0.29) is 11.8 Å². The first-order valence-electron chi connectivity index (χ1n) is 6.55. The van der Waals surface area contributed by atoms with Crippen LogP contribution in [0.15, 0.2) is 30.3 Å². The van der Waals surface area contributed by atoms with Gasteiger partial charge < -0.3 is 0 Å². The summed E-state index contributed by atoms with van der Waals surface area (Å²) in [5.41, 5.74) is 0.831. The summed E-state index contributed by atoms with van der Waals surface area (Å²) < 4.78 is 0. The number of benzene rings is 1. The van der Waals surface area contributed by atoms with Crippen molar-refractivity contribution < 1.29 is 4.79 Å². The van der Waals surface area contributed by atoms with E-state index >= 15 is 0 Å². The predicted octanol–water partition coefficient (Wildman–Crippen LogP) is 3.13. The van der Waals surface area contributed by atoms with Gasteiger partial charge in [0.1, 0.15) is 0 Å². The van der Waals surface area contributed by atoms with E-state index in [2.05, 4.69) is 11.8 Å². The van der Waals surface area contributed by atoms with E-state index in [0.717, 1.165) is 12.1 Å². The van der Waals surface area contributed by atoms with Crippen molar-refractivity contribution in [2.24, 2.45) is 0 Å². The van der Waals surface area contributed by atoms with Gasteiger partial charge in [0.25, 0.3) is 0 Å². The highest BCUT2D eigenvalue weighted by Crippen LogP contribution is 2.20. The normalized spacial score (nSPS) is 23.3. The fourth-order valence-electron chi connectivity index (χ4n) is 2.69. The summed E-state index contributed by atoms with van der Waals surface area (Å²) in [4.78, 5) is 14.7. The molecule has 1 aromatic rings. The van der Waals surface area contributed by atoms with Crippen molar-refractivity contribution in [1.29, 1.82) is 0 Å². The minimum Gasteiger partial charge on any atom is -0.292 e. The van der Waals surface area contributed by atoms with Gasteiger partial charge in [-0.3, -0.25) is 9.69 Å². The number of hydrogen-bond donors (Lipinski definition) is 0. The van der Waals surface area contributed by atoms with Gasteiger partial charge in [0.2, 0.25) is 0 Å². The smallest absolute Gasteiger partial charge is 0.179 e. The highest BCUT2D eigenvalue weighted by atomic mass is 16.1. The van der Waals surface area contributed by atoms with Crippen LogP contribution < -0.4 is 0 Å². The molecule has 1 saturated heterocycles. The average molecular weight is 231 g/mol. The average Bonchev–Trinajstić information content (AvgIpc) is 2.39. The van der Waals surface area contributed by atoms with E-state index in [1.807, 2.05) is 37.3 Å². The molecule has 0 aliphatic carbocycles. The van der Waals surface area contributed by atoms with Gasteiger partial charge in [0.05, 0.1) is 6.04 Å². The molecule has 17 heavy (non-hydrogen) atoms. The zero-order chi connectivity index (χ0) is 12.3. The molecule has 2 nitrogen and oxygen atoms in total. The molecule has 0 spiro atoms. The molecule has 1 aliphatic heterocycles. The van der Waals surface area contributed by atoms with E-state index < -0.39 is 0 Å². The maximum absolute atomic E-state index is 12.3. The molecule has 92 valence electrons. The van der Waals surface area contributed by atoms with Crippen LogP contribution in [-0.4, -0.2) is 29.3 Å². The lowest BCUT2D eigenvalue weighted by molar-refractivity contribution is 0.0701. The Hall–Kier alpha value is -1.15. The van der Waals surface area contributed by atoms with Gasteiger partial charge in [-0.2, -0.15) is 0 Å². The standard InChI is InChI=1S/C15H21NO/c1-12-8-6-7-11-16(12)13(2)15(17)14-9-4-3-5-10-14/h3-5,9-10,12-13H,6-8,11H2,1-2H3. The molecular formula is C15H21NO. The number of piperidine rings is 1. The lowest BCUT2D eigenvalue weighted by Crippen LogP contribution is -2.47. The number of carbonyl (C=O) groups is 1. The lowest BCUT2D eigenvalue weighted by atomic mass is 9.97. The third-order valence-corrected chi connectivity index (χ3v) is 3.79. The van der Waals surface area contributed by atoms with E-state index in [0.29, 0.717) is 6.04 Å². The van der Waals surface area contributed by atoms with Crippen molar-refractivity contribution in [3.05, 3.63) is 35.9 Å². The maximum Gasteiger partial charge on any atom is 0.179 e. The van der Waals surface area contributed by atoms with Gasteiger partial charge in [-0.05, 0) is 33.2 Å². The zero-order valence-corrected chi connectivity index (χ0v) is 10.7. The largest absolute Gasteiger partial charge is 0.292 e. The fraction of sp³-hybridized carbons (Fsp3) is 0.533. The first kappa shape index (κ1) is 12.3. The molecule has 1 aliphatic rings. The van der Waals surface area contributed by atoms with Gasteiger partial charge in [0, 0.05) is 11.6 Å². The highest BCUT2D eigenvalue weighted by molar-refractivity contribution is 5.99. The SMILES string of the molecule is CC1CCCCN1C(C)C(=O)c1ccccc1. The van der Waals surface area contributed by atoms with Gasteiger partial charge >= 0.3 is 0 Å². The minimum atomic E-state index is 0.00713. The predicted molar refractivity (Wildman–Crippen MR) is 70.3 cm³/mol. The van der Waals surface area contributed by atoms with E-state index in [4.69, 9.17) is 0 Å². The van der Waals surface area contributed by atoms with Gasteiger partial charge in [-0.25, -0.2) is 0 Å². The Morgan fingerprint density at radius 3 is 2.65 bits per heavy atom. The van der Waals surface area contributed by atoms with Gasteiger partial charge in [-0.1, -0.05) is 36.8 Å². The summed E-state index contributed by atoms with van der Waals surface area (Å²) in [5.74, 6) is 0.249. The molecule has 1 fully saturated rings. The third kappa shape index (κ3) is 2.75. The van der Waals surface area contributed by atoms with Crippen molar-refractivity contribution in [2.75, 3.05) is 6.54 Å². The maximum atomic E-state index is 12.3. The number of likely N-dealkylation sites (tertiary alicyclic amines) is 1. The molecule has 1 aromatic carbocycles. The van der Waals surface area contributed by atoms with E-state index in [1.54, 1.807) is 0 Å². The zero-order valence-electron chi connectivity index (χ0n) is 10.7. The Balaban J connectivity index is 2.09. The summed E-state index contributed by atoms with van der Waals surface area (Å²) in [7, 11) is 0. The van der Waals surface area contributed by atoms with Crippen molar-refractivity contribution in [3.63, 3.8) is 0 Å². The number of ketones is 1. The van der Waals surface area contributed by atoms with Crippen molar-refractivity contribution in [2.45, 2.75) is 45.2 Å². The molecule has 0 bridgehead atoms. The molecule has 0 radical (unpaired) electrons. The number of carbonyl (C=O) groups excluding carboxylic acids is 1. The summed E-state index contributed by atoms with van der Waals surface area (Å²) in [6.45, 7) is 5.33. The third-order valence-electron chi connectivity index (χ3n) is 3.79. The molecule has 2 heteroatoms. The van der Waals surface area contributed by atoms with Crippen LogP contribution in [0.2, 0.25) is 0 Å². The van der Waals surface area contributed by atoms with Crippen LogP contribution in [0, 0.1) is 0 Å². The Kier molecular flexibility index (Phi) is 3.95. The molecule has 1 heterocycles. The van der Waals surface area contributed by atoms with Gasteiger partial charge in [-0.15, -0.1) is 0 Å². The minimum absolute atomic E-state index is 0.00713. The monoisotopic (exact) mass is 231 g/mol. The summed E-state index contributed by atoms with van der Waals surface area (Å²) in [6.07, 6.45) is 3.73. The van der Waals surface area contributed by atoms with Crippen molar-refractivity contribution in [1.82, 2.24) is 4.90 Å². The van der Waals surface area contributed by atoms with Gasteiger partial charge in [0.15, 0.2) is 5.78 Å². The number of rotatable bonds is 3. The second kappa shape index (κ2) is 5.46. The van der Waals surface area contributed by atoms with Crippen LogP contribution in [-0.2, 0) is 0 Å². The Morgan fingerprint density at radius 1 is 1.29 bits per heavy atom. The number of nitrogens with zero attached hydrogens (tertiary/aromatic N) is 1. The molecule has 2 atom stereocenters. The van der Waals surface area contributed by atoms with Crippen LogP contribution in [0.25, 0.3) is 0 Å². The highest BCUT2D eigenvalue weighted by Gasteiger charge is 2.27. The quantitative estimate of drug-likeness (QED) is 0.745. The molecule has 0 aromatic heterocycles. The molecule has 0 amide bonds. The second-order valence-corrected chi connectivity index (χ2v) is 4.99. The molecule has 0 N–H and O–H groups in total. The molecule has 2 rings (SSSR count). The first-order valence-corrected chi connectivity index (χ1v) is 6.55. The summed E-state index contributed by atoms with van der Waals surface area (Å²) >= 11 is 0. The van der Waals surface area contributed by atoms with E-state index in [1.165, 1.54) is 19.3 Å². The molecule has 0 saturated carbocycles. The summed E-state index contributed by atoms with van der Waals surface area (Å²) in [6, 6.07) is 10.2. The fourth-order valence-corrected chi connectivity index (χ4v) is 2.69. The van der Waals surface area contributed by atoms with Crippen LogP contribution in [0.1, 0.15) is 43.5 Å². The summed E-state index contributed by atoms with van der Waals surface area (Å²) in [5, 5.41) is 0. The Labute approximate surface area is 104 Å². The Morgan fingerprint density at radius 2 is 2.00 bits per heavy atom. The van der Waals surface area contributed by atoms with Crippen molar-refractivity contribution in [3.8, 4) is 0 Å². The van der Waals surface area contributed by atoms with Crippen LogP contribution in [0.4, 0.5) is 0 Å². The van der Waals surface area contributed by atoms with Crippen molar-refractivity contribution >= 4 is 5.78 Å². The molecular weight excluding hydrogens is 210 g/mol. The number of Topliss-reactive ketones (excluding diaryl/α,β-unsaturated/α-hetero) is 1. The Bertz CT molecular complexity index is 374. The van der Waals surface area contributed by atoms with Crippen LogP contribution in [0.5, 0.6) is 0 Å². The second-order valence-electron chi connectivity index (χ2n) is 4.99. The lowest BCUT2D eigenvalue weighted by Gasteiger charge is -2.37.